The Bertz CT molecular complexity index is 451. The summed E-state index contributed by atoms with van der Waals surface area (Å²) in [6.45, 7) is 1.29. The smallest absolute Gasteiger partial charge is 0.330 e. The highest BCUT2D eigenvalue weighted by Crippen LogP contribution is 2.23. The Morgan fingerprint density at radius 2 is 2.10 bits per heavy atom. The van der Waals surface area contributed by atoms with E-state index < -0.39 is 31.5 Å². The maximum atomic E-state index is 12.6. The van der Waals surface area contributed by atoms with Crippen molar-refractivity contribution in [2.45, 2.75) is 45.1 Å². The first-order chi connectivity index (χ1) is 9.27. The molecule has 1 rings (SSSR count). The zero-order chi connectivity index (χ0) is 15.3. The third-order valence-electron chi connectivity index (χ3n) is 2.53. The van der Waals surface area contributed by atoms with E-state index in [1.54, 1.807) is 13.8 Å². The van der Waals surface area contributed by atoms with Crippen LogP contribution in [0.3, 0.4) is 0 Å². The first kappa shape index (κ1) is 16.5. The summed E-state index contributed by atoms with van der Waals surface area (Å²) >= 11 is 0. The lowest BCUT2D eigenvalue weighted by atomic mass is 10.1. The van der Waals surface area contributed by atoms with Crippen molar-refractivity contribution in [2.24, 2.45) is 0 Å². The first-order valence-corrected chi connectivity index (χ1v) is 5.86. The van der Waals surface area contributed by atoms with Gasteiger partial charge in [-0.25, -0.2) is 8.78 Å². The lowest BCUT2D eigenvalue weighted by Crippen LogP contribution is -2.32. The topological polar surface area (TPSA) is 65.2 Å². The third-order valence-corrected chi connectivity index (χ3v) is 2.53. The molecule has 0 aromatic carbocycles. The van der Waals surface area contributed by atoms with E-state index in [0.717, 1.165) is 0 Å². The summed E-state index contributed by atoms with van der Waals surface area (Å²) in [6.07, 6.45) is -3.51. The zero-order valence-electron chi connectivity index (χ0n) is 10.9. The Morgan fingerprint density at radius 1 is 1.45 bits per heavy atom. The van der Waals surface area contributed by atoms with Gasteiger partial charge in [0.1, 0.15) is 19.0 Å². The van der Waals surface area contributed by atoms with Crippen LogP contribution in [0.15, 0.2) is 4.52 Å². The average molecular weight is 298 g/mol. The number of ketones is 1. The minimum absolute atomic E-state index is 0.0380. The molecular formula is C11H14F4N2O3. The van der Waals surface area contributed by atoms with Crippen LogP contribution in [0.4, 0.5) is 17.6 Å². The molecule has 0 bridgehead atoms. The Balaban J connectivity index is 2.51. The van der Waals surface area contributed by atoms with Crippen LogP contribution in [0.2, 0.25) is 0 Å². The SMILES string of the molecule is CCC(=O)C(C)c1nc(COCC(F)(F)C(F)F)no1. The molecular weight excluding hydrogens is 284 g/mol. The molecule has 9 heteroatoms. The van der Waals surface area contributed by atoms with E-state index in [1.165, 1.54) is 0 Å². The number of halogens is 4. The Morgan fingerprint density at radius 3 is 2.65 bits per heavy atom. The summed E-state index contributed by atoms with van der Waals surface area (Å²) < 4.78 is 58.0. The molecule has 0 saturated carbocycles. The van der Waals surface area contributed by atoms with E-state index in [9.17, 15) is 22.4 Å². The molecule has 0 aliphatic carbocycles. The largest absolute Gasteiger partial charge is 0.367 e. The molecule has 5 nitrogen and oxygen atoms in total. The van der Waals surface area contributed by atoms with Gasteiger partial charge >= 0.3 is 12.3 Å². The minimum atomic E-state index is -4.22. The molecule has 0 aliphatic heterocycles. The second-order valence-corrected chi connectivity index (χ2v) is 4.14. The van der Waals surface area contributed by atoms with Crippen molar-refractivity contribution in [3.63, 3.8) is 0 Å². The molecule has 0 spiro atoms. The molecule has 0 N–H and O–H groups in total. The maximum Gasteiger partial charge on any atom is 0.330 e. The fourth-order valence-corrected chi connectivity index (χ4v) is 1.29. The van der Waals surface area contributed by atoms with Crippen LogP contribution in [0.1, 0.15) is 37.9 Å². The van der Waals surface area contributed by atoms with Gasteiger partial charge in [-0.05, 0) is 6.92 Å². The average Bonchev–Trinajstić information content (AvgIpc) is 2.85. The molecule has 20 heavy (non-hydrogen) atoms. The summed E-state index contributed by atoms with van der Waals surface area (Å²) in [7, 11) is 0. The summed E-state index contributed by atoms with van der Waals surface area (Å²) in [5, 5.41) is 3.42. The molecule has 1 heterocycles. The number of aromatic nitrogens is 2. The van der Waals surface area contributed by atoms with Gasteiger partial charge in [0, 0.05) is 6.42 Å². The second-order valence-electron chi connectivity index (χ2n) is 4.14. The number of nitrogens with zero attached hydrogens (tertiary/aromatic N) is 2. The lowest BCUT2D eigenvalue weighted by Gasteiger charge is -2.14. The van der Waals surface area contributed by atoms with Crippen LogP contribution in [0.5, 0.6) is 0 Å². The monoisotopic (exact) mass is 298 g/mol. The summed E-state index contributed by atoms with van der Waals surface area (Å²) in [5.74, 6) is -5.00. The fraction of sp³-hybridized carbons (Fsp3) is 0.727. The van der Waals surface area contributed by atoms with Crippen molar-refractivity contribution in [3.05, 3.63) is 11.7 Å². The van der Waals surface area contributed by atoms with E-state index >= 15 is 0 Å². The van der Waals surface area contributed by atoms with Crippen LogP contribution < -0.4 is 0 Å². The number of alkyl halides is 4. The summed E-state index contributed by atoms with van der Waals surface area (Å²) in [4.78, 5) is 15.2. The predicted octanol–water partition coefficient (Wildman–Crippen LogP) is 2.57. The maximum absolute atomic E-state index is 12.6. The quantitative estimate of drug-likeness (QED) is 0.690. The number of hydrogen-bond donors (Lipinski definition) is 0. The van der Waals surface area contributed by atoms with Crippen molar-refractivity contribution in [3.8, 4) is 0 Å². The molecule has 0 radical (unpaired) electrons. The lowest BCUT2D eigenvalue weighted by molar-refractivity contribution is -0.168. The van der Waals surface area contributed by atoms with E-state index in [2.05, 4.69) is 14.9 Å². The van der Waals surface area contributed by atoms with E-state index in [4.69, 9.17) is 4.52 Å². The van der Waals surface area contributed by atoms with Crippen molar-refractivity contribution in [1.29, 1.82) is 0 Å². The van der Waals surface area contributed by atoms with Gasteiger partial charge in [0.05, 0.1) is 5.92 Å². The minimum Gasteiger partial charge on any atom is -0.367 e. The Labute approximate surface area is 112 Å². The number of carbonyl (C=O) groups is 1. The standard InChI is InChI=1S/C11H14F4N2O3/c1-3-7(18)6(2)9-16-8(17-20-9)4-19-5-11(14,15)10(12)13/h6,10H,3-5H2,1-2H3. The van der Waals surface area contributed by atoms with Gasteiger partial charge in [0.25, 0.3) is 0 Å². The molecule has 0 aliphatic rings. The molecule has 114 valence electrons. The molecule has 1 aromatic heterocycles. The van der Waals surface area contributed by atoms with Gasteiger partial charge in [-0.15, -0.1) is 0 Å². The van der Waals surface area contributed by atoms with Gasteiger partial charge in [0.2, 0.25) is 5.89 Å². The molecule has 0 amide bonds. The van der Waals surface area contributed by atoms with Crippen molar-refractivity contribution < 1.29 is 31.6 Å². The van der Waals surface area contributed by atoms with Crippen LogP contribution >= 0.6 is 0 Å². The van der Waals surface area contributed by atoms with Crippen molar-refractivity contribution in [1.82, 2.24) is 10.1 Å². The van der Waals surface area contributed by atoms with Gasteiger partial charge in [-0.1, -0.05) is 12.1 Å². The molecule has 0 saturated heterocycles. The number of hydrogen-bond acceptors (Lipinski definition) is 5. The first-order valence-electron chi connectivity index (χ1n) is 5.86. The molecule has 1 aromatic rings. The molecule has 0 fully saturated rings. The fourth-order valence-electron chi connectivity index (χ4n) is 1.29. The summed E-state index contributed by atoms with van der Waals surface area (Å²) in [5.41, 5.74) is 0. The number of Topliss-reactive ketones (excluding diaryl/α,β-unsaturated/α-hetero) is 1. The van der Waals surface area contributed by atoms with Gasteiger partial charge in [-0.3, -0.25) is 4.79 Å². The van der Waals surface area contributed by atoms with Crippen LogP contribution in [0, 0.1) is 0 Å². The van der Waals surface area contributed by atoms with E-state index in [1.807, 2.05) is 0 Å². The van der Waals surface area contributed by atoms with E-state index in [0.29, 0.717) is 0 Å². The van der Waals surface area contributed by atoms with Crippen LogP contribution in [0.25, 0.3) is 0 Å². The van der Waals surface area contributed by atoms with Gasteiger partial charge < -0.3 is 9.26 Å². The van der Waals surface area contributed by atoms with Crippen molar-refractivity contribution >= 4 is 5.78 Å². The molecule has 1 atom stereocenters. The second kappa shape index (κ2) is 6.78. The van der Waals surface area contributed by atoms with Gasteiger partial charge in [0.15, 0.2) is 5.82 Å². The Hall–Kier alpha value is -1.51. The highest BCUT2D eigenvalue weighted by molar-refractivity contribution is 5.83. The van der Waals surface area contributed by atoms with Gasteiger partial charge in [-0.2, -0.15) is 13.8 Å². The highest BCUT2D eigenvalue weighted by Gasteiger charge is 2.41. The van der Waals surface area contributed by atoms with Crippen molar-refractivity contribution in [2.75, 3.05) is 6.61 Å². The third kappa shape index (κ3) is 4.26. The zero-order valence-corrected chi connectivity index (χ0v) is 10.9. The number of carbonyl (C=O) groups excluding carboxylic acids is 1. The Kier molecular flexibility index (Phi) is 5.61. The predicted molar refractivity (Wildman–Crippen MR) is 58.6 cm³/mol. The summed E-state index contributed by atoms with van der Waals surface area (Å²) in [6, 6.07) is 0. The highest BCUT2D eigenvalue weighted by atomic mass is 19.3. The molecule has 1 unspecified atom stereocenters. The van der Waals surface area contributed by atoms with E-state index in [-0.39, 0.29) is 23.9 Å². The number of rotatable bonds is 8. The van der Waals surface area contributed by atoms with Crippen LogP contribution in [-0.4, -0.2) is 34.9 Å². The normalized spacial score (nSPS) is 13.8. The number of ether oxygens (including phenoxy) is 1. The van der Waals surface area contributed by atoms with Crippen LogP contribution in [-0.2, 0) is 16.1 Å².